The van der Waals surface area contributed by atoms with Crippen LogP contribution in [0.2, 0.25) is 0 Å². The van der Waals surface area contributed by atoms with Crippen molar-refractivity contribution in [2.45, 2.75) is 19.4 Å². The zero-order valence-electron chi connectivity index (χ0n) is 10.5. The first-order valence-corrected chi connectivity index (χ1v) is 6.72. The molecule has 0 saturated carbocycles. The highest BCUT2D eigenvalue weighted by molar-refractivity contribution is 9.10. The Morgan fingerprint density at radius 2 is 1.74 bits per heavy atom. The van der Waals surface area contributed by atoms with Crippen molar-refractivity contribution in [3.63, 3.8) is 0 Å². The minimum absolute atomic E-state index is 0.277. The molecule has 0 bridgehead atoms. The summed E-state index contributed by atoms with van der Waals surface area (Å²) < 4.78 is 27.1. The van der Waals surface area contributed by atoms with Crippen molar-refractivity contribution in [3.8, 4) is 0 Å². The van der Waals surface area contributed by atoms with E-state index in [1.807, 2.05) is 6.92 Å². The van der Waals surface area contributed by atoms with E-state index in [1.54, 1.807) is 12.1 Å². The Hall–Kier alpha value is -1.26. The molecule has 0 aliphatic rings. The first kappa shape index (κ1) is 14.2. The SMILES string of the molecule is Cc1cc(F)ccc1C(N)Cc1cc(F)ccc1Br. The summed E-state index contributed by atoms with van der Waals surface area (Å²) >= 11 is 3.38. The maximum atomic E-state index is 13.2. The van der Waals surface area contributed by atoms with Gasteiger partial charge in [-0.2, -0.15) is 0 Å². The molecule has 100 valence electrons. The molecule has 2 N–H and O–H groups in total. The van der Waals surface area contributed by atoms with Crippen LogP contribution in [0, 0.1) is 18.6 Å². The zero-order chi connectivity index (χ0) is 14.0. The number of hydrogen-bond donors (Lipinski definition) is 1. The Morgan fingerprint density at radius 1 is 1.11 bits per heavy atom. The van der Waals surface area contributed by atoms with Gasteiger partial charge in [-0.25, -0.2) is 8.78 Å². The van der Waals surface area contributed by atoms with Crippen LogP contribution in [0.3, 0.4) is 0 Å². The Bertz CT molecular complexity index is 599. The third kappa shape index (κ3) is 3.39. The average Bonchev–Trinajstić information content (AvgIpc) is 2.33. The third-order valence-corrected chi connectivity index (χ3v) is 3.85. The molecule has 19 heavy (non-hydrogen) atoms. The van der Waals surface area contributed by atoms with Crippen molar-refractivity contribution in [1.82, 2.24) is 0 Å². The van der Waals surface area contributed by atoms with Crippen molar-refractivity contribution in [2.75, 3.05) is 0 Å². The molecule has 0 saturated heterocycles. The Balaban J connectivity index is 2.25. The van der Waals surface area contributed by atoms with Gasteiger partial charge in [-0.15, -0.1) is 0 Å². The van der Waals surface area contributed by atoms with E-state index in [4.69, 9.17) is 5.73 Å². The van der Waals surface area contributed by atoms with Crippen LogP contribution in [0.15, 0.2) is 40.9 Å². The van der Waals surface area contributed by atoms with Crippen molar-refractivity contribution in [1.29, 1.82) is 0 Å². The fraction of sp³-hybridized carbons (Fsp3) is 0.200. The van der Waals surface area contributed by atoms with Crippen molar-refractivity contribution in [3.05, 3.63) is 69.2 Å². The van der Waals surface area contributed by atoms with Gasteiger partial charge in [-0.05, 0) is 60.4 Å². The molecule has 2 rings (SSSR count). The van der Waals surface area contributed by atoms with Gasteiger partial charge in [0.25, 0.3) is 0 Å². The lowest BCUT2D eigenvalue weighted by Crippen LogP contribution is -2.15. The van der Waals surface area contributed by atoms with Crippen LogP contribution in [0.5, 0.6) is 0 Å². The number of nitrogens with two attached hydrogens (primary N) is 1. The molecule has 0 aliphatic heterocycles. The first-order chi connectivity index (χ1) is 8.97. The summed E-state index contributed by atoms with van der Waals surface area (Å²) in [6.07, 6.45) is 0.491. The second kappa shape index (κ2) is 5.80. The van der Waals surface area contributed by atoms with E-state index in [1.165, 1.54) is 24.3 Å². The van der Waals surface area contributed by atoms with Gasteiger partial charge in [0.15, 0.2) is 0 Å². The maximum Gasteiger partial charge on any atom is 0.123 e. The van der Waals surface area contributed by atoms with Crippen LogP contribution < -0.4 is 5.73 Å². The van der Waals surface area contributed by atoms with Gasteiger partial charge < -0.3 is 5.73 Å². The van der Waals surface area contributed by atoms with Crippen LogP contribution in [-0.2, 0) is 6.42 Å². The van der Waals surface area contributed by atoms with E-state index in [2.05, 4.69) is 15.9 Å². The Labute approximate surface area is 119 Å². The van der Waals surface area contributed by atoms with Crippen LogP contribution in [0.25, 0.3) is 0 Å². The van der Waals surface area contributed by atoms with E-state index in [9.17, 15) is 8.78 Å². The molecule has 1 unspecified atom stereocenters. The molecule has 0 fully saturated rings. The van der Waals surface area contributed by atoms with Crippen LogP contribution >= 0.6 is 15.9 Å². The van der Waals surface area contributed by atoms with E-state index < -0.39 is 0 Å². The molecule has 2 aromatic carbocycles. The van der Waals surface area contributed by atoms with Gasteiger partial charge in [0.1, 0.15) is 11.6 Å². The van der Waals surface area contributed by atoms with Crippen molar-refractivity contribution >= 4 is 15.9 Å². The summed E-state index contributed by atoms with van der Waals surface area (Å²) in [5, 5.41) is 0. The smallest absolute Gasteiger partial charge is 0.123 e. The molecule has 4 heteroatoms. The normalized spacial score (nSPS) is 12.5. The molecular weight excluding hydrogens is 312 g/mol. The highest BCUT2D eigenvalue weighted by atomic mass is 79.9. The second-order valence-corrected chi connectivity index (χ2v) is 5.40. The summed E-state index contributed by atoms with van der Waals surface area (Å²) in [6.45, 7) is 1.82. The number of rotatable bonds is 3. The number of benzene rings is 2. The summed E-state index contributed by atoms with van der Waals surface area (Å²) in [5.41, 5.74) is 8.61. The predicted octanol–water partition coefficient (Wildman–Crippen LogP) is 4.28. The van der Waals surface area contributed by atoms with Crippen LogP contribution in [0.4, 0.5) is 8.78 Å². The quantitative estimate of drug-likeness (QED) is 0.895. The van der Waals surface area contributed by atoms with Gasteiger partial charge in [0, 0.05) is 10.5 Å². The summed E-state index contributed by atoms with van der Waals surface area (Å²) in [5.74, 6) is -0.568. The van der Waals surface area contributed by atoms with Crippen molar-refractivity contribution in [2.24, 2.45) is 5.73 Å². The predicted molar refractivity (Wildman–Crippen MR) is 75.9 cm³/mol. The van der Waals surface area contributed by atoms with Gasteiger partial charge in [-0.1, -0.05) is 22.0 Å². The van der Waals surface area contributed by atoms with E-state index in [-0.39, 0.29) is 17.7 Å². The highest BCUT2D eigenvalue weighted by Gasteiger charge is 2.12. The molecule has 1 atom stereocenters. The molecule has 0 amide bonds. The molecule has 0 radical (unpaired) electrons. The highest BCUT2D eigenvalue weighted by Crippen LogP contribution is 2.25. The molecule has 0 heterocycles. The first-order valence-electron chi connectivity index (χ1n) is 5.93. The average molecular weight is 326 g/mol. The Kier molecular flexibility index (Phi) is 4.32. The molecule has 0 spiro atoms. The lowest BCUT2D eigenvalue weighted by Gasteiger charge is -2.16. The largest absolute Gasteiger partial charge is 0.324 e. The molecule has 0 aliphatic carbocycles. The number of aryl methyl sites for hydroxylation is 1. The third-order valence-electron chi connectivity index (χ3n) is 3.08. The van der Waals surface area contributed by atoms with Gasteiger partial charge in [0.2, 0.25) is 0 Å². The van der Waals surface area contributed by atoms with Gasteiger partial charge >= 0.3 is 0 Å². The molecular formula is C15H14BrF2N. The maximum absolute atomic E-state index is 13.2. The second-order valence-electron chi connectivity index (χ2n) is 4.55. The lowest BCUT2D eigenvalue weighted by atomic mass is 9.96. The monoisotopic (exact) mass is 325 g/mol. The standard InChI is InChI=1S/C15H14BrF2N/c1-9-6-11(17)2-4-13(9)15(19)8-10-7-12(18)3-5-14(10)16/h2-7,15H,8,19H2,1H3. The molecule has 0 aromatic heterocycles. The van der Waals surface area contributed by atoms with Crippen LogP contribution in [0.1, 0.15) is 22.7 Å². The summed E-state index contributed by atoms with van der Waals surface area (Å²) in [4.78, 5) is 0. The zero-order valence-corrected chi connectivity index (χ0v) is 12.0. The number of hydrogen-bond acceptors (Lipinski definition) is 1. The topological polar surface area (TPSA) is 26.0 Å². The van der Waals surface area contributed by atoms with E-state index in [0.717, 1.165) is 21.2 Å². The summed E-state index contributed by atoms with van der Waals surface area (Å²) in [6, 6.07) is 8.75. The fourth-order valence-electron chi connectivity index (χ4n) is 2.10. The van der Waals surface area contributed by atoms with E-state index >= 15 is 0 Å². The molecule has 2 aromatic rings. The fourth-order valence-corrected chi connectivity index (χ4v) is 2.51. The van der Waals surface area contributed by atoms with Crippen molar-refractivity contribution < 1.29 is 8.78 Å². The number of halogens is 3. The molecule has 1 nitrogen and oxygen atoms in total. The van der Waals surface area contributed by atoms with Gasteiger partial charge in [0.05, 0.1) is 0 Å². The minimum Gasteiger partial charge on any atom is -0.324 e. The van der Waals surface area contributed by atoms with Gasteiger partial charge in [-0.3, -0.25) is 0 Å². The summed E-state index contributed by atoms with van der Waals surface area (Å²) in [7, 11) is 0. The van der Waals surface area contributed by atoms with E-state index in [0.29, 0.717) is 6.42 Å². The Morgan fingerprint density at radius 3 is 2.42 bits per heavy atom. The van der Waals surface area contributed by atoms with Crippen LogP contribution in [-0.4, -0.2) is 0 Å². The minimum atomic E-state index is -0.293. The lowest BCUT2D eigenvalue weighted by molar-refractivity contribution is 0.617.